The molecule has 0 rings (SSSR count). The third-order valence-electron chi connectivity index (χ3n) is 2.03. The molecule has 0 heterocycles. The maximum atomic E-state index is 11.5. The Morgan fingerprint density at radius 2 is 1.86 bits per heavy atom. The van der Waals surface area contributed by atoms with Gasteiger partial charge in [0.15, 0.2) is 0 Å². The Morgan fingerprint density at radius 3 is 2.21 bits per heavy atom. The lowest BCUT2D eigenvalue weighted by atomic mass is 10.1. The standard InChI is InChI=1S/C11H19NO2/c1-6-12(7-2)10(13)8-9-11(3,4)14-5/h6-7H2,1-5H3. The summed E-state index contributed by atoms with van der Waals surface area (Å²) in [5.41, 5.74) is -0.553. The van der Waals surface area contributed by atoms with E-state index in [1.165, 1.54) is 0 Å². The van der Waals surface area contributed by atoms with Gasteiger partial charge in [0, 0.05) is 20.2 Å². The van der Waals surface area contributed by atoms with Crippen molar-refractivity contribution in [3.8, 4) is 11.8 Å². The second-order valence-corrected chi connectivity index (χ2v) is 3.44. The van der Waals surface area contributed by atoms with Gasteiger partial charge in [0.25, 0.3) is 5.91 Å². The molecule has 0 N–H and O–H groups in total. The lowest BCUT2D eigenvalue weighted by Gasteiger charge is -2.16. The van der Waals surface area contributed by atoms with E-state index in [2.05, 4.69) is 11.8 Å². The van der Waals surface area contributed by atoms with Crippen LogP contribution in [-0.2, 0) is 9.53 Å². The van der Waals surface area contributed by atoms with Gasteiger partial charge in [-0.2, -0.15) is 0 Å². The van der Waals surface area contributed by atoms with Gasteiger partial charge in [0.05, 0.1) is 0 Å². The highest BCUT2D eigenvalue weighted by Gasteiger charge is 2.12. The SMILES string of the molecule is CCN(CC)C(=O)C#CC(C)(C)OC. The number of carbonyl (C=O) groups excluding carboxylic acids is 1. The van der Waals surface area contributed by atoms with Crippen LogP contribution in [0.3, 0.4) is 0 Å². The van der Waals surface area contributed by atoms with Gasteiger partial charge >= 0.3 is 0 Å². The molecule has 0 aliphatic carbocycles. The molecule has 0 bridgehead atoms. The van der Waals surface area contributed by atoms with Crippen molar-refractivity contribution in [2.24, 2.45) is 0 Å². The van der Waals surface area contributed by atoms with Gasteiger partial charge in [0.2, 0.25) is 0 Å². The first-order chi connectivity index (χ1) is 6.46. The Bertz CT molecular complexity index is 244. The van der Waals surface area contributed by atoms with Crippen LogP contribution in [-0.4, -0.2) is 36.6 Å². The second kappa shape index (κ2) is 5.66. The lowest BCUT2D eigenvalue weighted by molar-refractivity contribution is -0.124. The minimum Gasteiger partial charge on any atom is -0.366 e. The van der Waals surface area contributed by atoms with Gasteiger partial charge in [-0.05, 0) is 33.6 Å². The second-order valence-electron chi connectivity index (χ2n) is 3.44. The van der Waals surface area contributed by atoms with Crippen LogP contribution in [0.25, 0.3) is 0 Å². The minimum atomic E-state index is -0.553. The number of hydrogen-bond donors (Lipinski definition) is 0. The third kappa shape index (κ3) is 4.29. The molecular weight excluding hydrogens is 178 g/mol. The van der Waals surface area contributed by atoms with Gasteiger partial charge in [0.1, 0.15) is 5.60 Å². The molecule has 0 aromatic carbocycles. The van der Waals surface area contributed by atoms with E-state index in [0.717, 1.165) is 0 Å². The van der Waals surface area contributed by atoms with Crippen LogP contribution in [0.2, 0.25) is 0 Å². The topological polar surface area (TPSA) is 29.5 Å². The maximum Gasteiger partial charge on any atom is 0.298 e. The number of hydrogen-bond acceptors (Lipinski definition) is 2. The average Bonchev–Trinajstić information content (AvgIpc) is 2.17. The predicted octanol–water partition coefficient (Wildman–Crippen LogP) is 1.28. The molecule has 0 aliphatic heterocycles. The molecule has 0 aliphatic rings. The van der Waals surface area contributed by atoms with Gasteiger partial charge in [-0.15, -0.1) is 0 Å². The summed E-state index contributed by atoms with van der Waals surface area (Å²) < 4.78 is 5.09. The zero-order valence-electron chi connectivity index (χ0n) is 9.68. The first kappa shape index (κ1) is 13.0. The molecule has 0 atom stereocenters. The fourth-order valence-electron chi connectivity index (χ4n) is 0.845. The molecule has 0 saturated heterocycles. The summed E-state index contributed by atoms with van der Waals surface area (Å²) in [4.78, 5) is 13.1. The average molecular weight is 197 g/mol. The summed E-state index contributed by atoms with van der Waals surface area (Å²) in [5.74, 6) is 5.24. The Hall–Kier alpha value is -1.01. The van der Waals surface area contributed by atoms with Crippen molar-refractivity contribution in [1.82, 2.24) is 4.90 Å². The summed E-state index contributed by atoms with van der Waals surface area (Å²) in [6, 6.07) is 0. The molecule has 0 radical (unpaired) electrons. The largest absolute Gasteiger partial charge is 0.366 e. The number of nitrogens with zero attached hydrogens (tertiary/aromatic N) is 1. The highest BCUT2D eigenvalue weighted by molar-refractivity contribution is 5.93. The lowest BCUT2D eigenvalue weighted by Crippen LogP contribution is -2.30. The minimum absolute atomic E-state index is 0.139. The number of rotatable bonds is 3. The monoisotopic (exact) mass is 197 g/mol. The van der Waals surface area contributed by atoms with Crippen molar-refractivity contribution in [3.05, 3.63) is 0 Å². The van der Waals surface area contributed by atoms with Gasteiger partial charge in [-0.25, -0.2) is 0 Å². The van der Waals surface area contributed by atoms with E-state index in [-0.39, 0.29) is 5.91 Å². The first-order valence-corrected chi connectivity index (χ1v) is 4.84. The molecule has 0 spiro atoms. The summed E-state index contributed by atoms with van der Waals surface area (Å²) in [5, 5.41) is 0. The normalized spacial score (nSPS) is 10.4. The van der Waals surface area contributed by atoms with Crippen molar-refractivity contribution in [2.45, 2.75) is 33.3 Å². The van der Waals surface area contributed by atoms with E-state index in [1.807, 2.05) is 27.7 Å². The van der Waals surface area contributed by atoms with E-state index in [1.54, 1.807) is 12.0 Å². The van der Waals surface area contributed by atoms with Crippen molar-refractivity contribution < 1.29 is 9.53 Å². The van der Waals surface area contributed by atoms with E-state index in [9.17, 15) is 4.79 Å². The molecule has 3 heteroatoms. The molecule has 0 aromatic rings. The quantitative estimate of drug-likeness (QED) is 0.638. The summed E-state index contributed by atoms with van der Waals surface area (Å²) in [7, 11) is 1.58. The predicted molar refractivity (Wildman–Crippen MR) is 56.8 cm³/mol. The van der Waals surface area contributed by atoms with Crippen molar-refractivity contribution in [2.75, 3.05) is 20.2 Å². The van der Waals surface area contributed by atoms with Crippen LogP contribution in [0.5, 0.6) is 0 Å². The van der Waals surface area contributed by atoms with E-state index >= 15 is 0 Å². The highest BCUT2D eigenvalue weighted by atomic mass is 16.5. The molecular formula is C11H19NO2. The Morgan fingerprint density at radius 1 is 1.36 bits per heavy atom. The molecule has 80 valence electrons. The van der Waals surface area contributed by atoms with E-state index in [4.69, 9.17) is 4.74 Å². The fraction of sp³-hybridized carbons (Fsp3) is 0.727. The van der Waals surface area contributed by atoms with Gasteiger partial charge in [-0.3, -0.25) is 4.79 Å². The molecule has 3 nitrogen and oxygen atoms in total. The Labute approximate surface area is 86.4 Å². The number of amides is 1. The van der Waals surface area contributed by atoms with Crippen molar-refractivity contribution in [3.63, 3.8) is 0 Å². The van der Waals surface area contributed by atoms with Crippen LogP contribution in [0, 0.1) is 11.8 Å². The summed E-state index contributed by atoms with van der Waals surface area (Å²) in [6.45, 7) is 8.91. The van der Waals surface area contributed by atoms with Crippen LogP contribution in [0.1, 0.15) is 27.7 Å². The molecule has 0 aromatic heterocycles. The maximum absolute atomic E-state index is 11.5. The number of methoxy groups -OCH3 is 1. The van der Waals surface area contributed by atoms with E-state index < -0.39 is 5.60 Å². The van der Waals surface area contributed by atoms with Crippen LogP contribution in [0.15, 0.2) is 0 Å². The smallest absolute Gasteiger partial charge is 0.298 e. The summed E-state index contributed by atoms with van der Waals surface area (Å²) >= 11 is 0. The molecule has 1 amide bonds. The molecule has 0 fully saturated rings. The zero-order chi connectivity index (χ0) is 11.2. The Kier molecular flexibility index (Phi) is 5.26. The van der Waals surface area contributed by atoms with Gasteiger partial charge in [-0.1, -0.05) is 5.92 Å². The highest BCUT2D eigenvalue weighted by Crippen LogP contribution is 2.04. The van der Waals surface area contributed by atoms with Crippen molar-refractivity contribution >= 4 is 5.91 Å². The number of carbonyl (C=O) groups is 1. The molecule has 0 unspecified atom stereocenters. The van der Waals surface area contributed by atoms with E-state index in [0.29, 0.717) is 13.1 Å². The fourth-order valence-corrected chi connectivity index (χ4v) is 0.845. The molecule has 14 heavy (non-hydrogen) atoms. The van der Waals surface area contributed by atoms with Crippen LogP contribution in [0.4, 0.5) is 0 Å². The van der Waals surface area contributed by atoms with Crippen LogP contribution >= 0.6 is 0 Å². The third-order valence-corrected chi connectivity index (χ3v) is 2.03. The van der Waals surface area contributed by atoms with Gasteiger partial charge < -0.3 is 9.64 Å². The summed E-state index contributed by atoms with van der Waals surface area (Å²) in [6.07, 6.45) is 0. The number of ether oxygens (including phenoxy) is 1. The zero-order valence-corrected chi connectivity index (χ0v) is 9.68. The van der Waals surface area contributed by atoms with Crippen molar-refractivity contribution in [1.29, 1.82) is 0 Å². The van der Waals surface area contributed by atoms with Crippen LogP contribution < -0.4 is 0 Å². The molecule has 0 saturated carbocycles. The Balaban J connectivity index is 4.43. The first-order valence-electron chi connectivity index (χ1n) is 4.84.